The lowest BCUT2D eigenvalue weighted by molar-refractivity contribution is 0.216. The molecule has 1 aliphatic heterocycles. The molecule has 0 aromatic rings. The van der Waals surface area contributed by atoms with Crippen molar-refractivity contribution in [1.82, 2.24) is 10.2 Å². The van der Waals surface area contributed by atoms with Crippen LogP contribution in [0.3, 0.4) is 0 Å². The molecule has 2 atom stereocenters. The van der Waals surface area contributed by atoms with Crippen LogP contribution < -0.4 is 5.32 Å². The van der Waals surface area contributed by atoms with Gasteiger partial charge in [0, 0.05) is 13.1 Å². The Balaban J connectivity index is 2.13. The van der Waals surface area contributed by atoms with E-state index < -0.39 is 0 Å². The molecule has 1 aliphatic rings. The Morgan fingerprint density at radius 3 is 2.87 bits per heavy atom. The summed E-state index contributed by atoms with van der Waals surface area (Å²) in [4.78, 5) is 2.53. The molecule has 2 nitrogen and oxygen atoms in total. The van der Waals surface area contributed by atoms with Gasteiger partial charge in [0.25, 0.3) is 0 Å². The highest BCUT2D eigenvalue weighted by atomic mass is 15.1. The highest BCUT2D eigenvalue weighted by Gasteiger charge is 2.15. The van der Waals surface area contributed by atoms with E-state index in [1.807, 2.05) is 0 Å². The minimum Gasteiger partial charge on any atom is -0.316 e. The minimum absolute atomic E-state index is 0.858. The maximum atomic E-state index is 3.49. The topological polar surface area (TPSA) is 15.3 Å². The first kappa shape index (κ1) is 13.0. The van der Waals surface area contributed by atoms with Crippen LogP contribution in [0.5, 0.6) is 0 Å². The van der Waals surface area contributed by atoms with Crippen molar-refractivity contribution < 1.29 is 0 Å². The van der Waals surface area contributed by atoms with E-state index in [-0.39, 0.29) is 0 Å². The number of piperidine rings is 1. The molecule has 1 heterocycles. The molecular weight excluding hydrogens is 184 g/mol. The van der Waals surface area contributed by atoms with Crippen LogP contribution in [0.15, 0.2) is 0 Å². The third kappa shape index (κ3) is 5.53. The van der Waals surface area contributed by atoms with E-state index >= 15 is 0 Å². The summed E-state index contributed by atoms with van der Waals surface area (Å²) in [6.45, 7) is 9.66. The smallest absolute Gasteiger partial charge is 0.00189 e. The lowest BCUT2D eigenvalue weighted by Gasteiger charge is -2.29. The van der Waals surface area contributed by atoms with Crippen molar-refractivity contribution in [1.29, 1.82) is 0 Å². The van der Waals surface area contributed by atoms with Crippen LogP contribution in [0.25, 0.3) is 0 Å². The minimum atomic E-state index is 0.858. The highest BCUT2D eigenvalue weighted by Crippen LogP contribution is 2.13. The van der Waals surface area contributed by atoms with E-state index in [9.17, 15) is 0 Å². The van der Waals surface area contributed by atoms with Crippen LogP contribution >= 0.6 is 0 Å². The van der Waals surface area contributed by atoms with Gasteiger partial charge in [-0.15, -0.1) is 0 Å². The second-order valence-electron chi connectivity index (χ2n) is 5.33. The zero-order valence-electron chi connectivity index (χ0n) is 10.8. The van der Waals surface area contributed by atoms with Gasteiger partial charge in [0.1, 0.15) is 0 Å². The van der Waals surface area contributed by atoms with Crippen LogP contribution in [0.1, 0.15) is 39.5 Å². The fourth-order valence-corrected chi connectivity index (χ4v) is 2.71. The first-order valence-electron chi connectivity index (χ1n) is 6.61. The van der Waals surface area contributed by atoms with Crippen molar-refractivity contribution in [3.05, 3.63) is 0 Å². The molecule has 0 radical (unpaired) electrons. The van der Waals surface area contributed by atoms with E-state index in [2.05, 4.69) is 31.1 Å². The zero-order valence-corrected chi connectivity index (χ0v) is 10.8. The zero-order chi connectivity index (χ0) is 11.1. The fourth-order valence-electron chi connectivity index (χ4n) is 2.71. The van der Waals surface area contributed by atoms with Gasteiger partial charge >= 0.3 is 0 Å². The van der Waals surface area contributed by atoms with Gasteiger partial charge in [-0.3, -0.25) is 0 Å². The monoisotopic (exact) mass is 212 g/mol. The molecule has 1 N–H and O–H groups in total. The van der Waals surface area contributed by atoms with E-state index in [0.717, 1.165) is 11.8 Å². The van der Waals surface area contributed by atoms with Gasteiger partial charge in [0.15, 0.2) is 0 Å². The number of hydrogen-bond acceptors (Lipinski definition) is 2. The number of nitrogens with one attached hydrogen (secondary N) is 1. The Morgan fingerprint density at radius 1 is 1.47 bits per heavy atom. The summed E-state index contributed by atoms with van der Waals surface area (Å²) < 4.78 is 0. The third-order valence-corrected chi connectivity index (χ3v) is 3.37. The average Bonchev–Trinajstić information content (AvgIpc) is 2.19. The fraction of sp³-hybridized carbons (Fsp3) is 1.00. The van der Waals surface area contributed by atoms with E-state index in [1.54, 1.807) is 0 Å². The molecule has 0 aliphatic carbocycles. The molecule has 0 spiro atoms. The molecule has 0 aromatic carbocycles. The Labute approximate surface area is 95.4 Å². The summed E-state index contributed by atoms with van der Waals surface area (Å²) in [7, 11) is 2.28. The largest absolute Gasteiger partial charge is 0.316 e. The van der Waals surface area contributed by atoms with Crippen LogP contribution in [-0.4, -0.2) is 38.1 Å². The second kappa shape index (κ2) is 7.24. The Morgan fingerprint density at radius 2 is 2.27 bits per heavy atom. The molecule has 1 fully saturated rings. The van der Waals surface area contributed by atoms with Crippen molar-refractivity contribution in [2.75, 3.05) is 33.2 Å². The molecule has 0 bridgehead atoms. The summed E-state index contributed by atoms with van der Waals surface area (Å²) in [6, 6.07) is 0. The van der Waals surface area contributed by atoms with Gasteiger partial charge in [0.2, 0.25) is 0 Å². The first-order chi connectivity index (χ1) is 7.22. The molecule has 0 amide bonds. The molecule has 0 saturated carbocycles. The SMILES string of the molecule is CCCC(C)CN(C)CC1CCCNC1. The number of rotatable bonds is 6. The lowest BCUT2D eigenvalue weighted by Crippen LogP contribution is -2.38. The van der Waals surface area contributed by atoms with Crippen molar-refractivity contribution in [3.8, 4) is 0 Å². The summed E-state index contributed by atoms with van der Waals surface area (Å²) in [6.07, 6.45) is 5.47. The van der Waals surface area contributed by atoms with Gasteiger partial charge in [0.05, 0.1) is 0 Å². The summed E-state index contributed by atoms with van der Waals surface area (Å²) in [5, 5.41) is 3.49. The predicted octanol–water partition coefficient (Wildman–Crippen LogP) is 2.35. The molecule has 1 rings (SSSR count). The lowest BCUT2D eigenvalue weighted by atomic mass is 9.98. The molecule has 0 aromatic heterocycles. The standard InChI is InChI=1S/C13H28N2/c1-4-6-12(2)10-15(3)11-13-7-5-8-14-9-13/h12-14H,4-11H2,1-3H3. The van der Waals surface area contributed by atoms with Gasteiger partial charge in [-0.1, -0.05) is 20.3 Å². The van der Waals surface area contributed by atoms with Gasteiger partial charge in [-0.2, -0.15) is 0 Å². The van der Waals surface area contributed by atoms with Gasteiger partial charge in [-0.25, -0.2) is 0 Å². The van der Waals surface area contributed by atoms with Gasteiger partial charge < -0.3 is 10.2 Å². The maximum Gasteiger partial charge on any atom is 0.00189 e. The van der Waals surface area contributed by atoms with E-state index in [0.29, 0.717) is 0 Å². The molecule has 2 heteroatoms. The highest BCUT2D eigenvalue weighted by molar-refractivity contribution is 4.72. The first-order valence-corrected chi connectivity index (χ1v) is 6.61. The predicted molar refractivity (Wildman–Crippen MR) is 67.2 cm³/mol. The van der Waals surface area contributed by atoms with Gasteiger partial charge in [-0.05, 0) is 51.2 Å². The van der Waals surface area contributed by atoms with Crippen molar-refractivity contribution in [2.24, 2.45) is 11.8 Å². The normalized spacial score (nSPS) is 24.4. The third-order valence-electron chi connectivity index (χ3n) is 3.37. The Kier molecular flexibility index (Phi) is 6.26. The van der Waals surface area contributed by atoms with Crippen molar-refractivity contribution in [3.63, 3.8) is 0 Å². The van der Waals surface area contributed by atoms with Crippen LogP contribution in [0, 0.1) is 11.8 Å². The second-order valence-corrected chi connectivity index (χ2v) is 5.33. The van der Waals surface area contributed by atoms with Crippen LogP contribution in [0.2, 0.25) is 0 Å². The van der Waals surface area contributed by atoms with E-state index in [1.165, 1.54) is 51.9 Å². The quantitative estimate of drug-likeness (QED) is 0.727. The molecule has 90 valence electrons. The summed E-state index contributed by atoms with van der Waals surface area (Å²) >= 11 is 0. The molecule has 2 unspecified atom stereocenters. The van der Waals surface area contributed by atoms with Crippen LogP contribution in [0.4, 0.5) is 0 Å². The van der Waals surface area contributed by atoms with Crippen molar-refractivity contribution >= 4 is 0 Å². The van der Waals surface area contributed by atoms with Crippen LogP contribution in [-0.2, 0) is 0 Å². The average molecular weight is 212 g/mol. The molecule has 15 heavy (non-hydrogen) atoms. The molecule has 1 saturated heterocycles. The Bertz CT molecular complexity index is 153. The summed E-state index contributed by atoms with van der Waals surface area (Å²) in [5.74, 6) is 1.74. The molecular formula is C13H28N2. The number of hydrogen-bond donors (Lipinski definition) is 1. The Hall–Kier alpha value is -0.0800. The van der Waals surface area contributed by atoms with Crippen molar-refractivity contribution in [2.45, 2.75) is 39.5 Å². The maximum absolute atomic E-state index is 3.49. The van der Waals surface area contributed by atoms with E-state index in [4.69, 9.17) is 0 Å². The summed E-state index contributed by atoms with van der Waals surface area (Å²) in [5.41, 5.74) is 0. The number of nitrogens with zero attached hydrogens (tertiary/aromatic N) is 1.